The second kappa shape index (κ2) is 7.31. The van der Waals surface area contributed by atoms with Crippen LogP contribution in [0.3, 0.4) is 0 Å². The van der Waals surface area contributed by atoms with Gasteiger partial charge in [0.1, 0.15) is 16.5 Å². The highest BCUT2D eigenvalue weighted by molar-refractivity contribution is 6.96. The van der Waals surface area contributed by atoms with Gasteiger partial charge in [0.05, 0.1) is 0 Å². The number of unbranched alkanes of at least 4 members (excludes halogenated alkanes) is 1. The molecule has 0 heterocycles. The standard InChI is InChI=1S/C18H29NSi2/c1-6-7-16-19(20(2,3)17-12-8-9-13-17)21(4,5)18-14-10-11-15-18/h8-15H,6-7,16H2,1-5H3. The monoisotopic (exact) mass is 315 g/mol. The van der Waals surface area contributed by atoms with E-state index in [1.807, 2.05) is 0 Å². The molecule has 0 bridgehead atoms. The van der Waals surface area contributed by atoms with Crippen molar-refractivity contribution in [3.63, 3.8) is 0 Å². The maximum absolute atomic E-state index is 2.94. The molecule has 2 aliphatic rings. The molecular formula is C18H29NSi2. The van der Waals surface area contributed by atoms with E-state index in [1.54, 1.807) is 11.1 Å². The molecule has 2 aliphatic carbocycles. The summed E-state index contributed by atoms with van der Waals surface area (Å²) in [5, 5.41) is 0. The largest absolute Gasteiger partial charge is 0.345 e. The average Bonchev–Trinajstić information content (AvgIpc) is 3.12. The zero-order valence-corrected chi connectivity index (χ0v) is 16.2. The molecule has 2 fully saturated rings. The Kier molecular flexibility index (Phi) is 6.18. The predicted molar refractivity (Wildman–Crippen MR) is 97.5 cm³/mol. The average molecular weight is 316 g/mol. The van der Waals surface area contributed by atoms with Crippen LogP contribution in [0.25, 0.3) is 0 Å². The molecule has 0 unspecified atom stereocenters. The summed E-state index contributed by atoms with van der Waals surface area (Å²) in [5.41, 5.74) is 3.15. The lowest BCUT2D eigenvalue weighted by Gasteiger charge is -2.51. The van der Waals surface area contributed by atoms with E-state index in [2.05, 4.69) is 88.7 Å². The highest BCUT2D eigenvalue weighted by Gasteiger charge is 2.49. The summed E-state index contributed by atoms with van der Waals surface area (Å²) in [6, 6.07) is 0. The minimum atomic E-state index is -1.59. The summed E-state index contributed by atoms with van der Waals surface area (Å²) in [7, 11) is -3.18. The first-order valence-corrected chi connectivity index (χ1v) is 14.0. The van der Waals surface area contributed by atoms with E-state index < -0.39 is 16.5 Å². The summed E-state index contributed by atoms with van der Waals surface area (Å²) >= 11 is 0. The van der Waals surface area contributed by atoms with Gasteiger partial charge in [-0.2, -0.15) is 0 Å². The minimum Gasteiger partial charge on any atom is -0.345 e. The lowest BCUT2D eigenvalue weighted by Crippen LogP contribution is -2.66. The maximum atomic E-state index is 2.94. The minimum absolute atomic E-state index is 1.24. The molecule has 0 aromatic heterocycles. The Bertz CT molecular complexity index is 287. The smallest absolute Gasteiger partial charge is 0.122 e. The molecule has 21 heavy (non-hydrogen) atoms. The number of rotatable bonds is 7. The van der Waals surface area contributed by atoms with E-state index in [-0.39, 0.29) is 0 Å². The fourth-order valence-corrected chi connectivity index (χ4v) is 13.9. The van der Waals surface area contributed by atoms with Gasteiger partial charge in [0.25, 0.3) is 0 Å². The lowest BCUT2D eigenvalue weighted by atomic mass is 10.3. The Morgan fingerprint density at radius 3 is 1.48 bits per heavy atom. The van der Waals surface area contributed by atoms with E-state index in [9.17, 15) is 0 Å². The Hall–Kier alpha value is 0.394. The second-order valence-corrected chi connectivity index (χ2v) is 15.9. The van der Waals surface area contributed by atoms with Crippen LogP contribution in [0.15, 0.2) is 0 Å². The summed E-state index contributed by atoms with van der Waals surface area (Å²) in [5.74, 6) is 0. The summed E-state index contributed by atoms with van der Waals surface area (Å²) in [4.78, 5) is 0. The first-order valence-electron chi connectivity index (χ1n) is 8.13. The molecule has 0 spiro atoms. The van der Waals surface area contributed by atoms with Gasteiger partial charge in [0.2, 0.25) is 0 Å². The fourth-order valence-electron chi connectivity index (χ4n) is 3.45. The number of nitrogens with zero attached hydrogens (tertiary/aromatic N) is 1. The Labute approximate surface area is 136 Å². The number of hydrogen-bond acceptors (Lipinski definition) is 1. The summed E-state index contributed by atoms with van der Waals surface area (Å²) in [6.07, 6.45) is 20.7. The number of hydrogen-bond donors (Lipinski definition) is 0. The van der Waals surface area contributed by atoms with Crippen molar-refractivity contribution in [2.24, 2.45) is 0 Å². The van der Waals surface area contributed by atoms with Crippen LogP contribution in [-0.2, 0) is 0 Å². The van der Waals surface area contributed by atoms with Crippen molar-refractivity contribution >= 4 is 16.5 Å². The maximum Gasteiger partial charge on any atom is 0.122 e. The van der Waals surface area contributed by atoms with Crippen molar-refractivity contribution < 1.29 is 0 Å². The highest BCUT2D eigenvalue weighted by atomic mass is 28.4. The van der Waals surface area contributed by atoms with E-state index in [1.165, 1.54) is 19.4 Å². The third-order valence-corrected chi connectivity index (χ3v) is 14.8. The van der Waals surface area contributed by atoms with Crippen molar-refractivity contribution in [2.75, 3.05) is 6.54 Å². The third-order valence-electron chi connectivity index (χ3n) is 4.82. The van der Waals surface area contributed by atoms with Crippen LogP contribution in [0.5, 0.6) is 0 Å². The van der Waals surface area contributed by atoms with Gasteiger partial charge in [-0.25, -0.2) is 0 Å². The van der Waals surface area contributed by atoms with Crippen molar-refractivity contribution in [3.8, 4) is 0 Å². The van der Waals surface area contributed by atoms with E-state index in [4.69, 9.17) is 0 Å². The van der Waals surface area contributed by atoms with Crippen LogP contribution < -0.4 is 0 Å². The molecule has 0 aliphatic heterocycles. The van der Waals surface area contributed by atoms with Crippen molar-refractivity contribution in [1.82, 2.24) is 4.23 Å². The van der Waals surface area contributed by atoms with Crippen molar-refractivity contribution in [2.45, 2.75) is 46.0 Å². The van der Waals surface area contributed by atoms with Gasteiger partial charge >= 0.3 is 0 Å². The molecule has 0 aromatic rings. The van der Waals surface area contributed by atoms with Crippen molar-refractivity contribution in [1.29, 1.82) is 0 Å². The molecule has 1 nitrogen and oxygen atoms in total. The summed E-state index contributed by atoms with van der Waals surface area (Å²) in [6.45, 7) is 13.6. The molecular weight excluding hydrogens is 286 g/mol. The van der Waals surface area contributed by atoms with Gasteiger partial charge in [0.15, 0.2) is 0 Å². The highest BCUT2D eigenvalue weighted by Crippen LogP contribution is 2.41. The quantitative estimate of drug-likeness (QED) is 0.630. The van der Waals surface area contributed by atoms with E-state index in [0.29, 0.717) is 0 Å². The van der Waals surface area contributed by atoms with Crippen LogP contribution in [-0.4, -0.2) is 27.2 Å². The topological polar surface area (TPSA) is 3.24 Å². The molecule has 0 amide bonds. The first kappa shape index (κ1) is 17.7. The zero-order chi connectivity index (χ0) is 15.5. The Morgan fingerprint density at radius 1 is 0.762 bits per heavy atom. The molecule has 0 saturated heterocycles. The molecule has 3 heteroatoms. The summed E-state index contributed by atoms with van der Waals surface area (Å²) < 4.78 is 2.94. The molecule has 2 rings (SSSR count). The molecule has 0 atom stereocenters. The van der Waals surface area contributed by atoms with Crippen LogP contribution >= 0.6 is 0 Å². The first-order chi connectivity index (χ1) is 9.90. The van der Waals surface area contributed by atoms with Gasteiger partial charge < -0.3 is 4.23 Å². The van der Waals surface area contributed by atoms with Crippen LogP contribution in [0.2, 0.25) is 26.2 Å². The Morgan fingerprint density at radius 2 is 1.14 bits per heavy atom. The molecule has 114 valence electrons. The fraction of sp³-hybridized carbons (Fsp3) is 0.444. The third kappa shape index (κ3) is 3.84. The van der Waals surface area contributed by atoms with E-state index in [0.717, 1.165) is 0 Å². The Balaban J connectivity index is 2.19. The van der Waals surface area contributed by atoms with Crippen LogP contribution in [0.4, 0.5) is 0 Å². The zero-order valence-electron chi connectivity index (χ0n) is 14.2. The van der Waals surface area contributed by atoms with Crippen molar-refractivity contribution in [3.05, 3.63) is 62.4 Å². The SMILES string of the molecule is CCCCN([Si](C)(C)[C]1[CH][CH][CH][CH]1)[Si](C)(C)[C]1[CH][CH][CH][CH]1. The molecule has 10 radical (unpaired) electrons. The van der Waals surface area contributed by atoms with Gasteiger partial charge in [-0.3, -0.25) is 0 Å². The van der Waals surface area contributed by atoms with Gasteiger partial charge in [0, 0.05) is 0 Å². The molecule has 2 saturated carbocycles. The van der Waals surface area contributed by atoms with Gasteiger partial charge in [-0.15, -0.1) is 0 Å². The molecule has 0 aromatic carbocycles. The molecule has 0 N–H and O–H groups in total. The lowest BCUT2D eigenvalue weighted by molar-refractivity contribution is 0.570. The van der Waals surface area contributed by atoms with Gasteiger partial charge in [-0.05, 0) is 75.4 Å². The van der Waals surface area contributed by atoms with Crippen LogP contribution in [0, 0.1) is 62.4 Å². The van der Waals surface area contributed by atoms with E-state index >= 15 is 0 Å². The predicted octanol–water partition coefficient (Wildman–Crippen LogP) is 4.39. The van der Waals surface area contributed by atoms with Gasteiger partial charge in [-0.1, -0.05) is 39.5 Å². The normalized spacial score (nSPS) is 22.6. The second-order valence-electron chi connectivity index (χ2n) is 6.97. The van der Waals surface area contributed by atoms with Crippen LogP contribution in [0.1, 0.15) is 19.8 Å².